The van der Waals surface area contributed by atoms with Gasteiger partial charge in [-0.15, -0.1) is 0 Å². The van der Waals surface area contributed by atoms with Gasteiger partial charge >= 0.3 is 0 Å². The molecule has 0 unspecified atom stereocenters. The van der Waals surface area contributed by atoms with Gasteiger partial charge in [0, 0.05) is 32.4 Å². The SMILES string of the molecule is COc1cccc([C@H]2C[C@@H](O)CN2CCc2cnn(C)c2)c1. The number of benzene rings is 1. The third kappa shape index (κ3) is 3.31. The van der Waals surface area contributed by atoms with Crippen molar-refractivity contribution in [1.29, 1.82) is 0 Å². The highest BCUT2D eigenvalue weighted by Gasteiger charge is 2.31. The summed E-state index contributed by atoms with van der Waals surface area (Å²) < 4.78 is 7.14. The number of aliphatic hydroxyl groups excluding tert-OH is 1. The van der Waals surface area contributed by atoms with E-state index >= 15 is 0 Å². The third-order valence-electron chi connectivity index (χ3n) is 4.31. The Kier molecular flexibility index (Phi) is 4.45. The van der Waals surface area contributed by atoms with Crippen LogP contribution in [0.3, 0.4) is 0 Å². The number of aromatic nitrogens is 2. The van der Waals surface area contributed by atoms with E-state index in [0.717, 1.165) is 31.7 Å². The maximum atomic E-state index is 10.1. The van der Waals surface area contributed by atoms with Gasteiger partial charge in [0.1, 0.15) is 5.75 Å². The molecule has 0 amide bonds. The molecule has 1 aromatic heterocycles. The number of methoxy groups -OCH3 is 1. The minimum absolute atomic E-state index is 0.252. The van der Waals surface area contributed by atoms with Gasteiger partial charge in [-0.2, -0.15) is 5.10 Å². The molecular formula is C17H23N3O2. The minimum atomic E-state index is -0.259. The number of aliphatic hydroxyl groups is 1. The zero-order valence-electron chi connectivity index (χ0n) is 13.1. The van der Waals surface area contributed by atoms with Crippen LogP contribution in [0.15, 0.2) is 36.7 Å². The largest absolute Gasteiger partial charge is 0.497 e. The summed E-state index contributed by atoms with van der Waals surface area (Å²) in [6.07, 6.45) is 5.42. The summed E-state index contributed by atoms with van der Waals surface area (Å²) in [6, 6.07) is 8.40. The molecule has 0 saturated carbocycles. The van der Waals surface area contributed by atoms with Gasteiger partial charge in [0.05, 0.1) is 19.4 Å². The van der Waals surface area contributed by atoms with Crippen molar-refractivity contribution in [2.24, 2.45) is 7.05 Å². The second-order valence-corrected chi connectivity index (χ2v) is 5.95. The standard InChI is InChI=1S/C17H23N3O2/c1-19-11-13(10-18-19)6-7-20-12-15(21)9-17(20)14-4-3-5-16(8-14)22-2/h3-5,8,10-11,15,17,21H,6-7,9,12H2,1-2H3/t15-,17-/m1/s1. The van der Waals surface area contributed by atoms with Crippen molar-refractivity contribution >= 4 is 0 Å². The van der Waals surface area contributed by atoms with Gasteiger partial charge in [-0.25, -0.2) is 0 Å². The summed E-state index contributed by atoms with van der Waals surface area (Å²) in [5.41, 5.74) is 2.44. The number of rotatable bonds is 5. The minimum Gasteiger partial charge on any atom is -0.497 e. The lowest BCUT2D eigenvalue weighted by atomic mass is 10.0. The number of hydrogen-bond donors (Lipinski definition) is 1. The molecular weight excluding hydrogens is 278 g/mol. The van der Waals surface area contributed by atoms with Crippen molar-refractivity contribution in [3.63, 3.8) is 0 Å². The summed E-state index contributed by atoms with van der Waals surface area (Å²) in [4.78, 5) is 2.35. The maximum absolute atomic E-state index is 10.1. The Bertz CT molecular complexity index is 626. The molecule has 1 aliphatic heterocycles. The first-order valence-corrected chi connectivity index (χ1v) is 7.69. The van der Waals surface area contributed by atoms with Crippen molar-refractivity contribution in [2.45, 2.75) is 25.0 Å². The summed E-state index contributed by atoms with van der Waals surface area (Å²) in [5.74, 6) is 0.867. The molecule has 5 nitrogen and oxygen atoms in total. The van der Waals surface area contributed by atoms with Crippen molar-refractivity contribution in [3.8, 4) is 5.75 Å². The monoisotopic (exact) mass is 301 g/mol. The van der Waals surface area contributed by atoms with E-state index in [9.17, 15) is 5.11 Å². The first-order chi connectivity index (χ1) is 10.7. The average Bonchev–Trinajstić information content (AvgIpc) is 3.11. The van der Waals surface area contributed by atoms with Crippen LogP contribution in [0.5, 0.6) is 5.75 Å². The van der Waals surface area contributed by atoms with Gasteiger partial charge in [-0.3, -0.25) is 9.58 Å². The second kappa shape index (κ2) is 6.50. The first-order valence-electron chi connectivity index (χ1n) is 7.69. The van der Waals surface area contributed by atoms with Crippen LogP contribution in [-0.2, 0) is 13.5 Å². The van der Waals surface area contributed by atoms with Gasteiger partial charge < -0.3 is 9.84 Å². The van der Waals surface area contributed by atoms with E-state index < -0.39 is 0 Å². The molecule has 2 heterocycles. The fraction of sp³-hybridized carbons (Fsp3) is 0.471. The van der Waals surface area contributed by atoms with Gasteiger partial charge in [-0.1, -0.05) is 12.1 Å². The van der Waals surface area contributed by atoms with Crippen LogP contribution in [0.2, 0.25) is 0 Å². The zero-order chi connectivity index (χ0) is 15.5. The Hall–Kier alpha value is -1.85. The quantitative estimate of drug-likeness (QED) is 0.914. The zero-order valence-corrected chi connectivity index (χ0v) is 13.1. The molecule has 22 heavy (non-hydrogen) atoms. The lowest BCUT2D eigenvalue weighted by Crippen LogP contribution is -2.27. The highest BCUT2D eigenvalue weighted by molar-refractivity contribution is 5.31. The summed E-state index contributed by atoms with van der Waals surface area (Å²) in [7, 11) is 3.62. The van der Waals surface area contributed by atoms with Crippen molar-refractivity contribution < 1.29 is 9.84 Å². The number of β-amino-alcohol motifs (C(OH)–C–C–N with tert-alkyl or cyclic N) is 1. The Morgan fingerprint density at radius 1 is 1.41 bits per heavy atom. The van der Waals surface area contributed by atoms with E-state index in [4.69, 9.17) is 4.74 Å². The Morgan fingerprint density at radius 2 is 2.27 bits per heavy atom. The van der Waals surface area contributed by atoms with Crippen molar-refractivity contribution in [2.75, 3.05) is 20.2 Å². The van der Waals surface area contributed by atoms with Crippen LogP contribution < -0.4 is 4.74 Å². The van der Waals surface area contributed by atoms with Crippen LogP contribution in [-0.4, -0.2) is 46.1 Å². The van der Waals surface area contributed by atoms with Crippen LogP contribution in [0.25, 0.3) is 0 Å². The molecule has 0 aliphatic carbocycles. The molecule has 1 saturated heterocycles. The summed E-state index contributed by atoms with van der Waals surface area (Å²) in [5, 5.41) is 14.3. The fourth-order valence-electron chi connectivity index (χ4n) is 3.20. The second-order valence-electron chi connectivity index (χ2n) is 5.95. The van der Waals surface area contributed by atoms with E-state index in [2.05, 4.69) is 22.1 Å². The summed E-state index contributed by atoms with van der Waals surface area (Å²) in [6.45, 7) is 1.65. The van der Waals surface area contributed by atoms with E-state index in [1.165, 1.54) is 11.1 Å². The molecule has 0 bridgehead atoms. The van der Waals surface area contributed by atoms with Crippen LogP contribution in [0, 0.1) is 0 Å². The highest BCUT2D eigenvalue weighted by atomic mass is 16.5. The number of nitrogens with zero attached hydrogens (tertiary/aromatic N) is 3. The molecule has 1 N–H and O–H groups in total. The maximum Gasteiger partial charge on any atom is 0.119 e. The number of hydrogen-bond acceptors (Lipinski definition) is 4. The van der Waals surface area contributed by atoms with Crippen LogP contribution >= 0.6 is 0 Å². The molecule has 1 fully saturated rings. The van der Waals surface area contributed by atoms with Gasteiger partial charge in [-0.05, 0) is 36.1 Å². The smallest absolute Gasteiger partial charge is 0.119 e. The lowest BCUT2D eigenvalue weighted by Gasteiger charge is -2.24. The fourth-order valence-corrected chi connectivity index (χ4v) is 3.20. The Balaban J connectivity index is 1.71. The Morgan fingerprint density at radius 3 is 3.00 bits per heavy atom. The predicted octanol–water partition coefficient (Wildman–Crippen LogP) is 1.78. The topological polar surface area (TPSA) is 50.5 Å². The van der Waals surface area contributed by atoms with Gasteiger partial charge in [0.15, 0.2) is 0 Å². The molecule has 0 spiro atoms. The molecule has 2 aromatic rings. The van der Waals surface area contributed by atoms with Crippen LogP contribution in [0.1, 0.15) is 23.6 Å². The molecule has 1 aromatic carbocycles. The molecule has 0 radical (unpaired) electrons. The Labute approximate surface area is 131 Å². The van der Waals surface area contributed by atoms with E-state index in [1.807, 2.05) is 36.3 Å². The lowest BCUT2D eigenvalue weighted by molar-refractivity contribution is 0.175. The molecule has 118 valence electrons. The summed E-state index contributed by atoms with van der Waals surface area (Å²) >= 11 is 0. The highest BCUT2D eigenvalue weighted by Crippen LogP contribution is 2.33. The molecule has 5 heteroatoms. The normalized spacial score (nSPS) is 22.1. The van der Waals surface area contributed by atoms with E-state index in [1.54, 1.807) is 7.11 Å². The molecule has 2 atom stereocenters. The number of aryl methyl sites for hydroxylation is 1. The van der Waals surface area contributed by atoms with Crippen molar-refractivity contribution in [3.05, 3.63) is 47.8 Å². The third-order valence-corrected chi connectivity index (χ3v) is 4.31. The average molecular weight is 301 g/mol. The predicted molar refractivity (Wildman–Crippen MR) is 84.8 cm³/mol. The first kappa shape index (κ1) is 15.1. The molecule has 3 rings (SSSR count). The van der Waals surface area contributed by atoms with E-state index in [0.29, 0.717) is 0 Å². The van der Waals surface area contributed by atoms with Gasteiger partial charge in [0.25, 0.3) is 0 Å². The van der Waals surface area contributed by atoms with Crippen molar-refractivity contribution in [1.82, 2.24) is 14.7 Å². The van der Waals surface area contributed by atoms with Crippen LogP contribution in [0.4, 0.5) is 0 Å². The van der Waals surface area contributed by atoms with E-state index in [-0.39, 0.29) is 12.1 Å². The van der Waals surface area contributed by atoms with Gasteiger partial charge in [0.2, 0.25) is 0 Å². The number of ether oxygens (including phenoxy) is 1. The molecule has 1 aliphatic rings. The number of likely N-dealkylation sites (tertiary alicyclic amines) is 1.